The van der Waals surface area contributed by atoms with E-state index in [4.69, 9.17) is 17.4 Å². The number of nitrogens with two attached hydrogens (primary N) is 1. The second kappa shape index (κ2) is 5.80. The van der Waals surface area contributed by atoms with Gasteiger partial charge in [0.2, 0.25) is 0 Å². The van der Waals surface area contributed by atoms with Gasteiger partial charge in [0.15, 0.2) is 0 Å². The van der Waals surface area contributed by atoms with Gasteiger partial charge in [0.05, 0.1) is 0 Å². The van der Waals surface area contributed by atoms with Crippen molar-refractivity contribution in [2.45, 2.75) is 38.1 Å². The van der Waals surface area contributed by atoms with Gasteiger partial charge in [0, 0.05) is 16.6 Å². The van der Waals surface area contributed by atoms with Crippen molar-refractivity contribution in [3.05, 3.63) is 34.6 Å². The lowest BCUT2D eigenvalue weighted by Gasteiger charge is -2.20. The Kier molecular flexibility index (Phi) is 4.37. The quantitative estimate of drug-likeness (QED) is 0.639. The Hall–Kier alpha value is -0.640. The van der Waals surface area contributed by atoms with Gasteiger partial charge in [-0.2, -0.15) is 0 Å². The summed E-state index contributed by atoms with van der Waals surface area (Å²) in [5.41, 5.74) is 3.29. The zero-order chi connectivity index (χ0) is 12.3. The lowest BCUT2D eigenvalue weighted by Crippen LogP contribution is -2.30. The van der Waals surface area contributed by atoms with Gasteiger partial charge in [0.25, 0.3) is 0 Å². The van der Waals surface area contributed by atoms with Gasteiger partial charge in [-0.15, -0.1) is 0 Å². The van der Waals surface area contributed by atoms with Gasteiger partial charge < -0.3 is 0 Å². The molecule has 0 aromatic heterocycles. The molecule has 0 radical (unpaired) electrons. The Balaban J connectivity index is 2.13. The van der Waals surface area contributed by atoms with E-state index in [0.29, 0.717) is 16.5 Å². The molecule has 0 saturated heterocycles. The first kappa shape index (κ1) is 12.8. The van der Waals surface area contributed by atoms with Crippen LogP contribution in [0.4, 0.5) is 4.39 Å². The molecule has 1 fully saturated rings. The first-order valence-electron chi connectivity index (χ1n) is 6.12. The van der Waals surface area contributed by atoms with Crippen LogP contribution >= 0.6 is 11.6 Å². The van der Waals surface area contributed by atoms with Gasteiger partial charge in [-0.3, -0.25) is 11.3 Å². The number of hydrogen-bond donors (Lipinski definition) is 2. The van der Waals surface area contributed by atoms with Crippen molar-refractivity contribution in [1.82, 2.24) is 5.43 Å². The third kappa shape index (κ3) is 3.18. The van der Waals surface area contributed by atoms with Gasteiger partial charge in [-0.05, 0) is 30.5 Å². The van der Waals surface area contributed by atoms with Crippen molar-refractivity contribution in [2.75, 3.05) is 0 Å². The molecule has 2 nitrogen and oxygen atoms in total. The third-order valence-electron chi connectivity index (χ3n) is 3.58. The van der Waals surface area contributed by atoms with Crippen LogP contribution in [0.25, 0.3) is 0 Å². The fourth-order valence-corrected chi connectivity index (χ4v) is 2.83. The van der Waals surface area contributed by atoms with E-state index >= 15 is 0 Å². The Bertz CT molecular complexity index is 378. The smallest absolute Gasteiger partial charge is 0.128 e. The lowest BCUT2D eigenvalue weighted by molar-refractivity contribution is 0.390. The van der Waals surface area contributed by atoms with Crippen LogP contribution in [0.5, 0.6) is 0 Å². The molecular weight excluding hydrogens is 239 g/mol. The largest absolute Gasteiger partial charge is 0.271 e. The average Bonchev–Trinajstić information content (AvgIpc) is 2.82. The highest BCUT2D eigenvalue weighted by Gasteiger charge is 2.22. The van der Waals surface area contributed by atoms with E-state index in [1.54, 1.807) is 12.1 Å². The zero-order valence-electron chi connectivity index (χ0n) is 9.76. The molecule has 4 heteroatoms. The minimum Gasteiger partial charge on any atom is -0.271 e. The molecule has 1 saturated carbocycles. The van der Waals surface area contributed by atoms with Crippen LogP contribution in [0.3, 0.4) is 0 Å². The maximum Gasteiger partial charge on any atom is 0.128 e. The molecule has 3 N–H and O–H groups in total. The first-order chi connectivity index (χ1) is 8.20. The Morgan fingerprint density at radius 3 is 2.76 bits per heavy atom. The predicted octanol–water partition coefficient (Wildman–Crippen LogP) is 3.56. The van der Waals surface area contributed by atoms with E-state index in [1.165, 1.54) is 31.7 Å². The molecule has 1 aliphatic carbocycles. The number of halogens is 2. The van der Waals surface area contributed by atoms with E-state index in [1.807, 2.05) is 0 Å². The SMILES string of the molecule is NNC(CC1CCCC1)c1cc(Cl)ccc1F. The maximum atomic E-state index is 13.7. The van der Waals surface area contributed by atoms with Crippen molar-refractivity contribution in [3.8, 4) is 0 Å². The fraction of sp³-hybridized carbons (Fsp3) is 0.538. The van der Waals surface area contributed by atoms with Gasteiger partial charge >= 0.3 is 0 Å². The van der Waals surface area contributed by atoms with Crippen LogP contribution in [0, 0.1) is 11.7 Å². The van der Waals surface area contributed by atoms with E-state index in [-0.39, 0.29) is 11.9 Å². The molecule has 0 aliphatic heterocycles. The molecule has 2 rings (SSSR count). The van der Waals surface area contributed by atoms with Crippen molar-refractivity contribution in [3.63, 3.8) is 0 Å². The van der Waals surface area contributed by atoms with E-state index < -0.39 is 0 Å². The Morgan fingerprint density at radius 1 is 1.41 bits per heavy atom. The highest BCUT2D eigenvalue weighted by atomic mass is 35.5. The lowest BCUT2D eigenvalue weighted by atomic mass is 9.94. The Morgan fingerprint density at radius 2 is 2.12 bits per heavy atom. The monoisotopic (exact) mass is 256 g/mol. The number of nitrogens with one attached hydrogen (secondary N) is 1. The molecule has 17 heavy (non-hydrogen) atoms. The molecule has 0 amide bonds. The van der Waals surface area contributed by atoms with Crippen LogP contribution < -0.4 is 11.3 Å². The molecule has 1 aromatic rings. The summed E-state index contributed by atoms with van der Waals surface area (Å²) < 4.78 is 13.7. The number of benzene rings is 1. The van der Waals surface area contributed by atoms with Crippen molar-refractivity contribution >= 4 is 11.6 Å². The molecular formula is C13H18ClFN2. The molecule has 0 heterocycles. The minimum absolute atomic E-state index is 0.142. The maximum absolute atomic E-state index is 13.7. The van der Waals surface area contributed by atoms with Crippen LogP contribution in [0.1, 0.15) is 43.7 Å². The summed E-state index contributed by atoms with van der Waals surface area (Å²) in [6.45, 7) is 0. The first-order valence-corrected chi connectivity index (χ1v) is 6.49. The number of rotatable bonds is 4. The van der Waals surface area contributed by atoms with Gasteiger partial charge in [-0.1, -0.05) is 37.3 Å². The van der Waals surface area contributed by atoms with Gasteiger partial charge in [-0.25, -0.2) is 4.39 Å². The predicted molar refractivity (Wildman–Crippen MR) is 68.0 cm³/mol. The molecule has 1 aromatic carbocycles. The van der Waals surface area contributed by atoms with Crippen LogP contribution in [0.15, 0.2) is 18.2 Å². The van der Waals surface area contributed by atoms with Crippen LogP contribution in [-0.4, -0.2) is 0 Å². The summed E-state index contributed by atoms with van der Waals surface area (Å²) in [6.07, 6.45) is 5.88. The van der Waals surface area contributed by atoms with Crippen LogP contribution in [0.2, 0.25) is 5.02 Å². The summed E-state index contributed by atoms with van der Waals surface area (Å²) in [5, 5.41) is 0.549. The fourth-order valence-electron chi connectivity index (χ4n) is 2.65. The highest BCUT2D eigenvalue weighted by molar-refractivity contribution is 6.30. The second-order valence-electron chi connectivity index (χ2n) is 4.77. The summed E-state index contributed by atoms with van der Waals surface area (Å²) in [7, 11) is 0. The minimum atomic E-state index is -0.240. The van der Waals surface area contributed by atoms with Crippen molar-refractivity contribution < 1.29 is 4.39 Å². The number of hydrazine groups is 1. The van der Waals surface area contributed by atoms with Crippen LogP contribution in [-0.2, 0) is 0 Å². The molecule has 0 spiro atoms. The number of hydrogen-bond acceptors (Lipinski definition) is 2. The molecule has 1 unspecified atom stereocenters. The van der Waals surface area contributed by atoms with Crippen molar-refractivity contribution in [2.24, 2.45) is 11.8 Å². The molecule has 0 bridgehead atoms. The summed E-state index contributed by atoms with van der Waals surface area (Å²) in [6, 6.07) is 4.48. The van der Waals surface area contributed by atoms with Gasteiger partial charge in [0.1, 0.15) is 5.82 Å². The van der Waals surface area contributed by atoms with E-state index in [2.05, 4.69) is 5.43 Å². The normalized spacial score (nSPS) is 18.5. The zero-order valence-corrected chi connectivity index (χ0v) is 10.5. The molecule has 94 valence electrons. The van der Waals surface area contributed by atoms with E-state index in [9.17, 15) is 4.39 Å². The van der Waals surface area contributed by atoms with Crippen molar-refractivity contribution in [1.29, 1.82) is 0 Å². The standard InChI is InChI=1S/C13H18ClFN2/c14-10-5-6-12(15)11(8-10)13(17-16)7-9-3-1-2-4-9/h5-6,8-9,13,17H,1-4,7,16H2. The second-order valence-corrected chi connectivity index (χ2v) is 5.21. The summed E-state index contributed by atoms with van der Waals surface area (Å²) in [4.78, 5) is 0. The molecule has 1 atom stereocenters. The van der Waals surface area contributed by atoms with E-state index in [0.717, 1.165) is 6.42 Å². The third-order valence-corrected chi connectivity index (χ3v) is 3.81. The summed E-state index contributed by atoms with van der Waals surface area (Å²) in [5.74, 6) is 5.95. The highest BCUT2D eigenvalue weighted by Crippen LogP contribution is 2.34. The summed E-state index contributed by atoms with van der Waals surface area (Å²) >= 11 is 5.90. The molecule has 1 aliphatic rings. The Labute approximate surface area is 106 Å². The average molecular weight is 257 g/mol. The topological polar surface area (TPSA) is 38.0 Å².